The molecule has 0 bridgehead atoms. The van der Waals surface area contributed by atoms with Crippen LogP contribution in [0.4, 0.5) is 0 Å². The van der Waals surface area contributed by atoms with E-state index in [2.05, 4.69) is 10.2 Å². The number of hydrogen-bond donors (Lipinski definition) is 0. The fraction of sp³-hybridized carbons (Fsp3) is 0.308. The Labute approximate surface area is 110 Å². The number of hydrogen-bond acceptors (Lipinski definition) is 4. The number of thioether (sulfide) groups is 1. The Morgan fingerprint density at radius 1 is 1.28 bits per heavy atom. The zero-order valence-electron chi connectivity index (χ0n) is 10.7. The van der Waals surface area contributed by atoms with Gasteiger partial charge >= 0.3 is 0 Å². The molecule has 94 valence electrons. The largest absolute Gasteiger partial charge is 0.309 e. The minimum atomic E-state index is 0.124. The Kier molecular flexibility index (Phi) is 3.81. The topological polar surface area (TPSA) is 47.8 Å². The molecule has 18 heavy (non-hydrogen) atoms. The molecular weight excluding hydrogens is 246 g/mol. The van der Waals surface area contributed by atoms with Crippen LogP contribution < -0.4 is 0 Å². The van der Waals surface area contributed by atoms with E-state index in [4.69, 9.17) is 0 Å². The molecule has 1 aromatic heterocycles. The van der Waals surface area contributed by atoms with Crippen LogP contribution in [0, 0.1) is 13.8 Å². The average molecular weight is 261 g/mol. The van der Waals surface area contributed by atoms with Gasteiger partial charge < -0.3 is 4.57 Å². The summed E-state index contributed by atoms with van der Waals surface area (Å²) >= 11 is 1.42. The molecule has 1 heterocycles. The highest BCUT2D eigenvalue weighted by molar-refractivity contribution is 7.99. The third-order valence-corrected chi connectivity index (χ3v) is 3.85. The second-order valence-corrected chi connectivity index (χ2v) is 5.06. The lowest BCUT2D eigenvalue weighted by Crippen LogP contribution is -2.05. The van der Waals surface area contributed by atoms with Crippen LogP contribution in [0.15, 0.2) is 29.4 Å². The molecule has 0 aliphatic rings. The molecule has 0 N–H and O–H groups in total. The van der Waals surface area contributed by atoms with Crippen molar-refractivity contribution >= 4 is 17.5 Å². The van der Waals surface area contributed by atoms with Crippen molar-refractivity contribution in [2.24, 2.45) is 7.05 Å². The quantitative estimate of drug-likeness (QED) is 0.626. The summed E-state index contributed by atoms with van der Waals surface area (Å²) in [5.41, 5.74) is 1.79. The van der Waals surface area contributed by atoms with Crippen molar-refractivity contribution in [3.8, 4) is 0 Å². The molecule has 0 amide bonds. The Balaban J connectivity index is 2.05. The minimum Gasteiger partial charge on any atom is -0.309 e. The molecule has 0 saturated heterocycles. The first-order valence-electron chi connectivity index (χ1n) is 5.67. The number of aromatic nitrogens is 3. The van der Waals surface area contributed by atoms with Crippen LogP contribution in [0.3, 0.4) is 0 Å². The van der Waals surface area contributed by atoms with Crippen LogP contribution in [0.25, 0.3) is 0 Å². The smallest absolute Gasteiger partial charge is 0.191 e. The van der Waals surface area contributed by atoms with E-state index in [1.165, 1.54) is 11.8 Å². The van der Waals surface area contributed by atoms with Crippen LogP contribution in [-0.4, -0.2) is 26.3 Å². The Morgan fingerprint density at radius 3 is 2.61 bits per heavy atom. The van der Waals surface area contributed by atoms with Gasteiger partial charge in [0.15, 0.2) is 10.9 Å². The lowest BCUT2D eigenvalue weighted by molar-refractivity contribution is 0.102. The number of benzene rings is 1. The first-order chi connectivity index (χ1) is 8.59. The number of nitrogens with zero attached hydrogens (tertiary/aromatic N) is 3. The summed E-state index contributed by atoms with van der Waals surface area (Å²) in [5, 5.41) is 8.76. The SMILES string of the molecule is Cc1ccccc1C(=O)CSc1nnc(C)n1C. The molecule has 5 heteroatoms. The van der Waals surface area contributed by atoms with Crippen LogP contribution in [0.5, 0.6) is 0 Å². The summed E-state index contributed by atoms with van der Waals surface area (Å²) in [6, 6.07) is 7.63. The highest BCUT2D eigenvalue weighted by atomic mass is 32.2. The Hall–Kier alpha value is -1.62. The summed E-state index contributed by atoms with van der Waals surface area (Å²) in [6.07, 6.45) is 0. The molecule has 0 aliphatic heterocycles. The Bertz CT molecular complexity index is 577. The van der Waals surface area contributed by atoms with Gasteiger partial charge in [0.1, 0.15) is 5.82 Å². The van der Waals surface area contributed by atoms with E-state index in [1.807, 2.05) is 49.7 Å². The van der Waals surface area contributed by atoms with Crippen molar-refractivity contribution in [1.82, 2.24) is 14.8 Å². The predicted octanol–water partition coefficient (Wildman–Crippen LogP) is 2.41. The zero-order chi connectivity index (χ0) is 13.1. The molecule has 1 aromatic carbocycles. The number of rotatable bonds is 4. The molecule has 4 nitrogen and oxygen atoms in total. The van der Waals surface area contributed by atoms with Gasteiger partial charge in [-0.25, -0.2) is 0 Å². The average Bonchev–Trinajstić information content (AvgIpc) is 2.68. The van der Waals surface area contributed by atoms with E-state index in [-0.39, 0.29) is 5.78 Å². The molecule has 0 aliphatic carbocycles. The highest BCUT2D eigenvalue weighted by Crippen LogP contribution is 2.18. The van der Waals surface area contributed by atoms with Crippen LogP contribution in [-0.2, 0) is 7.05 Å². The number of aryl methyl sites for hydroxylation is 2. The maximum Gasteiger partial charge on any atom is 0.191 e. The van der Waals surface area contributed by atoms with Gasteiger partial charge in [-0.2, -0.15) is 0 Å². The summed E-state index contributed by atoms with van der Waals surface area (Å²) in [6.45, 7) is 3.84. The highest BCUT2D eigenvalue weighted by Gasteiger charge is 2.12. The first-order valence-corrected chi connectivity index (χ1v) is 6.66. The van der Waals surface area contributed by atoms with E-state index >= 15 is 0 Å². The van der Waals surface area contributed by atoms with E-state index in [9.17, 15) is 4.79 Å². The van der Waals surface area contributed by atoms with Gasteiger partial charge in [-0.1, -0.05) is 36.0 Å². The summed E-state index contributed by atoms with van der Waals surface area (Å²) < 4.78 is 1.88. The van der Waals surface area contributed by atoms with Gasteiger partial charge in [-0.05, 0) is 19.4 Å². The van der Waals surface area contributed by atoms with Crippen molar-refractivity contribution < 1.29 is 4.79 Å². The first kappa shape index (κ1) is 12.8. The van der Waals surface area contributed by atoms with Gasteiger partial charge in [0, 0.05) is 12.6 Å². The van der Waals surface area contributed by atoms with Crippen molar-refractivity contribution in [2.75, 3.05) is 5.75 Å². The second-order valence-electron chi connectivity index (χ2n) is 4.12. The molecule has 0 saturated carbocycles. The fourth-order valence-corrected chi connectivity index (χ4v) is 2.45. The molecule has 2 aromatic rings. The molecule has 0 radical (unpaired) electrons. The van der Waals surface area contributed by atoms with Crippen molar-refractivity contribution in [2.45, 2.75) is 19.0 Å². The third-order valence-electron chi connectivity index (χ3n) is 2.83. The van der Waals surface area contributed by atoms with E-state index in [0.29, 0.717) is 5.75 Å². The molecular formula is C13H15N3OS. The predicted molar refractivity (Wildman–Crippen MR) is 72.0 cm³/mol. The Morgan fingerprint density at radius 2 is 2.00 bits per heavy atom. The number of Topliss-reactive ketones (excluding diaryl/α,β-unsaturated/α-hetero) is 1. The molecule has 0 atom stereocenters. The van der Waals surface area contributed by atoms with E-state index < -0.39 is 0 Å². The summed E-state index contributed by atoms with van der Waals surface area (Å²) in [4.78, 5) is 12.1. The monoisotopic (exact) mass is 261 g/mol. The molecule has 0 fully saturated rings. The minimum absolute atomic E-state index is 0.124. The normalized spacial score (nSPS) is 10.6. The van der Waals surface area contributed by atoms with Crippen LogP contribution >= 0.6 is 11.8 Å². The number of carbonyl (C=O) groups is 1. The maximum absolute atomic E-state index is 12.1. The summed E-state index contributed by atoms with van der Waals surface area (Å²) in [7, 11) is 1.90. The molecule has 0 spiro atoms. The van der Waals surface area contributed by atoms with Gasteiger partial charge in [-0.3, -0.25) is 4.79 Å². The fourth-order valence-electron chi connectivity index (χ4n) is 1.61. The summed E-state index contributed by atoms with van der Waals surface area (Å²) in [5.74, 6) is 1.36. The number of carbonyl (C=O) groups excluding carboxylic acids is 1. The standard InChI is InChI=1S/C13H15N3OS/c1-9-6-4-5-7-11(9)12(17)8-18-13-15-14-10(2)16(13)3/h4-7H,8H2,1-3H3. The van der Waals surface area contributed by atoms with Crippen molar-refractivity contribution in [3.63, 3.8) is 0 Å². The zero-order valence-corrected chi connectivity index (χ0v) is 11.5. The van der Waals surface area contributed by atoms with Crippen molar-refractivity contribution in [3.05, 3.63) is 41.2 Å². The lowest BCUT2D eigenvalue weighted by Gasteiger charge is -2.04. The number of ketones is 1. The van der Waals surface area contributed by atoms with E-state index in [0.717, 1.165) is 22.1 Å². The second kappa shape index (κ2) is 5.35. The van der Waals surface area contributed by atoms with Gasteiger partial charge in [0.2, 0.25) is 0 Å². The van der Waals surface area contributed by atoms with E-state index in [1.54, 1.807) is 0 Å². The van der Waals surface area contributed by atoms with Crippen LogP contribution in [0.2, 0.25) is 0 Å². The van der Waals surface area contributed by atoms with Gasteiger partial charge in [0.25, 0.3) is 0 Å². The molecule has 0 unspecified atom stereocenters. The van der Waals surface area contributed by atoms with Crippen molar-refractivity contribution in [1.29, 1.82) is 0 Å². The van der Waals surface area contributed by atoms with Gasteiger partial charge in [-0.15, -0.1) is 10.2 Å². The van der Waals surface area contributed by atoms with Gasteiger partial charge in [0.05, 0.1) is 5.75 Å². The maximum atomic E-state index is 12.1. The third kappa shape index (κ3) is 2.61. The van der Waals surface area contributed by atoms with Crippen LogP contribution in [0.1, 0.15) is 21.7 Å². The lowest BCUT2D eigenvalue weighted by atomic mass is 10.1. The molecule has 2 rings (SSSR count).